The van der Waals surface area contributed by atoms with Gasteiger partial charge in [-0.3, -0.25) is 14.5 Å². The number of anilines is 2. The van der Waals surface area contributed by atoms with Gasteiger partial charge in [0.1, 0.15) is 22.5 Å². The maximum absolute atomic E-state index is 13.4. The summed E-state index contributed by atoms with van der Waals surface area (Å²) in [5, 5.41) is 13.1. The summed E-state index contributed by atoms with van der Waals surface area (Å²) in [5.74, 6) is -1.32. The summed E-state index contributed by atoms with van der Waals surface area (Å²) >= 11 is 13.0. The van der Waals surface area contributed by atoms with Gasteiger partial charge in [-0.05, 0) is 72.6 Å². The van der Waals surface area contributed by atoms with Crippen LogP contribution in [-0.4, -0.2) is 17.1 Å². The molecule has 0 radical (unpaired) electrons. The van der Waals surface area contributed by atoms with Gasteiger partial charge in [-0.15, -0.1) is 0 Å². The average Bonchev–Trinajstić information content (AvgIpc) is 3.13. The normalized spacial score (nSPS) is 16.8. The molecule has 1 aliphatic rings. The van der Waals surface area contributed by atoms with E-state index in [1.54, 1.807) is 60.7 Å². The van der Waals surface area contributed by atoms with Crippen molar-refractivity contribution in [2.45, 2.75) is 11.7 Å². The SMILES string of the molecule is N#C/C(C(=O)Nc1ccc(Cl)cc1)=C1/SC(Cc2ccc(F)cc2)C(=O)N1c1ccc(Cl)cc1. The number of amides is 2. The van der Waals surface area contributed by atoms with Gasteiger partial charge in [0.2, 0.25) is 5.91 Å². The quantitative estimate of drug-likeness (QED) is 0.327. The second-order valence-corrected chi connectivity index (χ2v) is 9.40. The molecule has 1 N–H and O–H groups in total. The highest BCUT2D eigenvalue weighted by molar-refractivity contribution is 8.05. The predicted octanol–water partition coefficient (Wildman–Crippen LogP) is 6.20. The van der Waals surface area contributed by atoms with Crippen molar-refractivity contribution in [1.29, 1.82) is 5.26 Å². The third-order valence-corrected chi connectivity index (χ3v) is 6.79. The Kier molecular flexibility index (Phi) is 7.23. The first kappa shape index (κ1) is 23.8. The zero-order chi connectivity index (χ0) is 24.2. The van der Waals surface area contributed by atoms with Gasteiger partial charge in [-0.2, -0.15) is 5.26 Å². The van der Waals surface area contributed by atoms with Crippen LogP contribution in [-0.2, 0) is 16.0 Å². The summed E-state index contributed by atoms with van der Waals surface area (Å²) in [5.41, 5.74) is 1.49. The van der Waals surface area contributed by atoms with E-state index < -0.39 is 11.2 Å². The van der Waals surface area contributed by atoms with Gasteiger partial charge in [-0.1, -0.05) is 47.1 Å². The molecule has 9 heteroatoms. The smallest absolute Gasteiger partial charge is 0.269 e. The van der Waals surface area contributed by atoms with Crippen molar-refractivity contribution in [1.82, 2.24) is 0 Å². The summed E-state index contributed by atoms with van der Waals surface area (Å²) in [6, 6.07) is 20.8. The van der Waals surface area contributed by atoms with Gasteiger partial charge in [0.25, 0.3) is 5.91 Å². The fourth-order valence-corrected chi connectivity index (χ4v) is 4.93. The number of nitrogens with zero attached hydrogens (tertiary/aromatic N) is 2. The van der Waals surface area contributed by atoms with Crippen LogP contribution in [0.2, 0.25) is 10.0 Å². The van der Waals surface area contributed by atoms with Crippen molar-refractivity contribution in [3.63, 3.8) is 0 Å². The molecule has 1 fully saturated rings. The van der Waals surface area contributed by atoms with E-state index in [0.29, 0.717) is 27.8 Å². The summed E-state index contributed by atoms with van der Waals surface area (Å²) in [7, 11) is 0. The largest absolute Gasteiger partial charge is 0.321 e. The number of hydrogen-bond acceptors (Lipinski definition) is 4. The predicted molar refractivity (Wildman–Crippen MR) is 133 cm³/mol. The van der Waals surface area contributed by atoms with Crippen LogP contribution in [0.25, 0.3) is 0 Å². The molecule has 1 atom stereocenters. The molecule has 2 amide bonds. The minimum atomic E-state index is -0.651. The number of rotatable bonds is 5. The maximum atomic E-state index is 13.4. The zero-order valence-corrected chi connectivity index (χ0v) is 19.8. The van der Waals surface area contributed by atoms with Crippen LogP contribution >= 0.6 is 35.0 Å². The van der Waals surface area contributed by atoms with Crippen LogP contribution in [0.3, 0.4) is 0 Å². The molecular weight excluding hydrogens is 496 g/mol. The molecule has 1 aliphatic heterocycles. The Balaban J connectivity index is 1.71. The van der Waals surface area contributed by atoms with Gasteiger partial charge in [0.05, 0.1) is 5.25 Å². The van der Waals surface area contributed by atoms with Crippen LogP contribution in [0.15, 0.2) is 83.4 Å². The lowest BCUT2D eigenvalue weighted by Crippen LogP contribution is -2.30. The van der Waals surface area contributed by atoms with E-state index >= 15 is 0 Å². The van der Waals surface area contributed by atoms with Crippen LogP contribution < -0.4 is 10.2 Å². The summed E-state index contributed by atoms with van der Waals surface area (Å²) in [4.78, 5) is 27.8. The van der Waals surface area contributed by atoms with E-state index in [0.717, 1.165) is 17.3 Å². The minimum Gasteiger partial charge on any atom is -0.321 e. The number of carbonyl (C=O) groups is 2. The third kappa shape index (κ3) is 5.26. The number of benzene rings is 3. The fourth-order valence-electron chi connectivity index (χ4n) is 3.37. The topological polar surface area (TPSA) is 73.2 Å². The molecule has 3 aromatic carbocycles. The molecule has 0 bridgehead atoms. The minimum absolute atomic E-state index is 0.204. The molecule has 0 spiro atoms. The molecular formula is C25H16Cl2FN3O2S. The molecule has 0 aromatic heterocycles. The second kappa shape index (κ2) is 10.3. The van der Waals surface area contributed by atoms with Gasteiger partial charge in [0.15, 0.2) is 0 Å². The fraction of sp³-hybridized carbons (Fsp3) is 0.0800. The Morgan fingerprint density at radius 3 is 2.18 bits per heavy atom. The van der Waals surface area contributed by atoms with Crippen LogP contribution in [0.4, 0.5) is 15.8 Å². The first-order valence-electron chi connectivity index (χ1n) is 10.1. The third-order valence-electron chi connectivity index (χ3n) is 5.03. The molecule has 1 unspecified atom stereocenters. The molecule has 3 aromatic rings. The van der Waals surface area contributed by atoms with Gasteiger partial charge >= 0.3 is 0 Å². The number of thioether (sulfide) groups is 1. The van der Waals surface area contributed by atoms with Gasteiger partial charge < -0.3 is 5.32 Å². The molecule has 0 aliphatic carbocycles. The number of nitriles is 1. The number of carbonyl (C=O) groups excluding carboxylic acids is 2. The Hall–Kier alpha value is -3.31. The Morgan fingerprint density at radius 2 is 1.59 bits per heavy atom. The zero-order valence-electron chi connectivity index (χ0n) is 17.5. The summed E-state index contributed by atoms with van der Waals surface area (Å²) in [6.45, 7) is 0. The molecule has 4 rings (SSSR count). The number of halogens is 3. The van der Waals surface area contributed by atoms with E-state index in [1.807, 2.05) is 6.07 Å². The van der Waals surface area contributed by atoms with Gasteiger partial charge in [0, 0.05) is 21.4 Å². The molecule has 170 valence electrons. The monoisotopic (exact) mass is 511 g/mol. The van der Waals surface area contributed by atoms with E-state index in [2.05, 4.69) is 5.32 Å². The number of hydrogen-bond donors (Lipinski definition) is 1. The lowest BCUT2D eigenvalue weighted by Gasteiger charge is -2.19. The maximum Gasteiger partial charge on any atom is 0.269 e. The molecule has 1 saturated heterocycles. The Morgan fingerprint density at radius 1 is 1.00 bits per heavy atom. The van der Waals surface area contributed by atoms with Crippen molar-refractivity contribution >= 4 is 58.2 Å². The lowest BCUT2D eigenvalue weighted by molar-refractivity contribution is -0.117. The highest BCUT2D eigenvalue weighted by Gasteiger charge is 2.40. The van der Waals surface area contributed by atoms with Crippen LogP contribution in [0.5, 0.6) is 0 Å². The highest BCUT2D eigenvalue weighted by atomic mass is 35.5. The van der Waals surface area contributed by atoms with Crippen molar-refractivity contribution in [3.05, 3.63) is 105 Å². The van der Waals surface area contributed by atoms with Crippen molar-refractivity contribution in [3.8, 4) is 6.07 Å². The summed E-state index contributed by atoms with van der Waals surface area (Å²) in [6.07, 6.45) is 0.300. The summed E-state index contributed by atoms with van der Waals surface area (Å²) < 4.78 is 13.3. The molecule has 5 nitrogen and oxygen atoms in total. The van der Waals surface area contributed by atoms with E-state index in [4.69, 9.17) is 23.2 Å². The van der Waals surface area contributed by atoms with E-state index in [1.165, 1.54) is 17.0 Å². The standard InChI is InChI=1S/C25H16Cl2FN3O2S/c26-16-3-9-19(10-4-16)30-23(32)21(14-29)25-31(20-11-5-17(27)6-12-20)24(33)22(34-25)13-15-1-7-18(28)8-2-15/h1-12,22H,13H2,(H,30,32)/b25-21-. The number of nitrogens with one attached hydrogen (secondary N) is 1. The van der Waals surface area contributed by atoms with Crippen molar-refractivity contribution < 1.29 is 14.0 Å². The molecule has 1 heterocycles. The average molecular weight is 512 g/mol. The Labute approximate surface area is 209 Å². The van der Waals surface area contributed by atoms with E-state index in [-0.39, 0.29) is 22.3 Å². The molecule has 34 heavy (non-hydrogen) atoms. The first-order chi connectivity index (χ1) is 16.4. The van der Waals surface area contributed by atoms with Crippen LogP contribution in [0.1, 0.15) is 5.56 Å². The molecule has 0 saturated carbocycles. The van der Waals surface area contributed by atoms with Crippen LogP contribution in [0, 0.1) is 17.1 Å². The van der Waals surface area contributed by atoms with Gasteiger partial charge in [-0.25, -0.2) is 4.39 Å². The second-order valence-electron chi connectivity index (χ2n) is 7.34. The Bertz CT molecular complexity index is 1300. The lowest BCUT2D eigenvalue weighted by atomic mass is 10.1. The first-order valence-corrected chi connectivity index (χ1v) is 11.7. The van der Waals surface area contributed by atoms with E-state index in [9.17, 15) is 19.2 Å². The van der Waals surface area contributed by atoms with Crippen molar-refractivity contribution in [2.24, 2.45) is 0 Å². The van der Waals surface area contributed by atoms with Crippen molar-refractivity contribution in [2.75, 3.05) is 10.2 Å². The highest BCUT2D eigenvalue weighted by Crippen LogP contribution is 2.42.